The molecule has 0 unspecified atom stereocenters. The van der Waals surface area contributed by atoms with E-state index < -0.39 is 17.2 Å². The van der Waals surface area contributed by atoms with Gasteiger partial charge in [-0.15, -0.1) is 0 Å². The lowest BCUT2D eigenvalue weighted by atomic mass is 9.69. The molecule has 1 spiro atoms. The van der Waals surface area contributed by atoms with Crippen LogP contribution < -0.4 is 0 Å². The average molecular weight is 1040 g/mol. The first-order valence-electron chi connectivity index (χ1n) is 26.7. The molecular weight excluding hydrogens is 996 g/mol. The summed E-state index contributed by atoms with van der Waals surface area (Å²) < 4.78 is 63.2. The zero-order valence-corrected chi connectivity index (χ0v) is 42.4. The minimum Gasteiger partial charge on any atom is -0.455 e. The van der Waals surface area contributed by atoms with Gasteiger partial charge in [0.2, 0.25) is 0 Å². The quantitative estimate of drug-likeness (QED) is 0.172. The number of furan rings is 1. The zero-order chi connectivity index (χ0) is 53.0. The van der Waals surface area contributed by atoms with Crippen LogP contribution in [-0.2, 0) is 11.6 Å². The summed E-state index contributed by atoms with van der Waals surface area (Å²) in [6.45, 7) is 0. The van der Waals surface area contributed by atoms with E-state index in [0.717, 1.165) is 82.8 Å². The fourth-order valence-electron chi connectivity index (χ4n) is 13.8. The van der Waals surface area contributed by atoms with E-state index in [1.54, 1.807) is 0 Å². The predicted molar refractivity (Wildman–Crippen MR) is 313 cm³/mol. The standard InChI is InChI=1S/C71H40F3N5O/c72-71(73,74)54-40-50(69-76-67(41-22-4-1-5-23-41)75-68(77-69)42-24-6-2-7-25-42)66-61(49-33-15-21-39-57(49)80-66)63(54)79-56-38-20-14-32-48(56)60-64-59(47-31-13-19-37-55(47)78(64)43-26-8-3-9-27-43)62-58(65(60)79)46-30-12-18-36-53(46)70(62)51-34-16-10-28-44(51)45-29-11-17-35-52(45)70/h1-40H. The molecule has 80 heavy (non-hydrogen) atoms. The summed E-state index contributed by atoms with van der Waals surface area (Å²) in [5.41, 5.74) is 12.8. The number of benzene rings is 11. The van der Waals surface area contributed by atoms with E-state index in [1.807, 2.05) is 126 Å². The van der Waals surface area contributed by atoms with E-state index in [4.69, 9.17) is 19.4 Å². The summed E-state index contributed by atoms with van der Waals surface area (Å²) >= 11 is 0. The highest BCUT2D eigenvalue weighted by Gasteiger charge is 2.54. The molecule has 0 saturated carbocycles. The lowest BCUT2D eigenvalue weighted by Gasteiger charge is -2.31. The van der Waals surface area contributed by atoms with Gasteiger partial charge in [-0.1, -0.05) is 206 Å². The third-order valence-electron chi connectivity index (χ3n) is 16.8. The number of halogens is 3. The van der Waals surface area contributed by atoms with Crippen molar-refractivity contribution in [3.05, 3.63) is 270 Å². The number of hydrogen-bond donors (Lipinski definition) is 0. The van der Waals surface area contributed by atoms with Gasteiger partial charge >= 0.3 is 6.18 Å². The molecule has 0 amide bonds. The maximum Gasteiger partial charge on any atom is 0.418 e. The van der Waals surface area contributed by atoms with Gasteiger partial charge in [0.15, 0.2) is 17.5 Å². The highest BCUT2D eigenvalue weighted by molar-refractivity contribution is 6.33. The van der Waals surface area contributed by atoms with Crippen LogP contribution in [0.4, 0.5) is 13.2 Å². The fraction of sp³-hybridized carbons (Fsp3) is 0.0282. The van der Waals surface area contributed by atoms with Crippen molar-refractivity contribution >= 4 is 65.6 Å². The summed E-state index contributed by atoms with van der Waals surface area (Å²) in [7, 11) is 0. The maximum absolute atomic E-state index is 17.3. The number of fused-ring (bicyclic) bond motifs is 22. The molecule has 2 aliphatic carbocycles. The van der Waals surface area contributed by atoms with Gasteiger partial charge in [0.25, 0.3) is 0 Å². The third-order valence-corrected chi connectivity index (χ3v) is 16.8. The minimum absolute atomic E-state index is 0.0467. The van der Waals surface area contributed by atoms with E-state index in [-0.39, 0.29) is 28.0 Å². The van der Waals surface area contributed by atoms with Crippen molar-refractivity contribution in [3.8, 4) is 67.8 Å². The monoisotopic (exact) mass is 1040 g/mol. The topological polar surface area (TPSA) is 61.7 Å². The minimum atomic E-state index is -4.93. The van der Waals surface area contributed by atoms with Crippen LogP contribution >= 0.6 is 0 Å². The molecule has 4 heterocycles. The second-order valence-corrected chi connectivity index (χ2v) is 20.8. The van der Waals surface area contributed by atoms with Crippen LogP contribution in [0.3, 0.4) is 0 Å². The van der Waals surface area contributed by atoms with Crippen LogP contribution in [0, 0.1) is 0 Å². The van der Waals surface area contributed by atoms with Gasteiger partial charge in [-0.05, 0) is 75.3 Å². The summed E-state index contributed by atoms with van der Waals surface area (Å²) in [5.74, 6) is 0.676. The highest BCUT2D eigenvalue weighted by atomic mass is 19.4. The smallest absolute Gasteiger partial charge is 0.418 e. The largest absolute Gasteiger partial charge is 0.455 e. The summed E-state index contributed by atoms with van der Waals surface area (Å²) in [6, 6.07) is 80.2. The van der Waals surface area contributed by atoms with Crippen molar-refractivity contribution in [2.45, 2.75) is 11.6 Å². The molecule has 15 aromatic rings. The van der Waals surface area contributed by atoms with Crippen LogP contribution in [0.15, 0.2) is 247 Å². The van der Waals surface area contributed by atoms with Gasteiger partial charge in [0.05, 0.1) is 49.7 Å². The van der Waals surface area contributed by atoms with Gasteiger partial charge in [-0.25, -0.2) is 15.0 Å². The Morgan fingerprint density at radius 3 is 1.49 bits per heavy atom. The van der Waals surface area contributed by atoms with Gasteiger partial charge in [0, 0.05) is 49.3 Å². The zero-order valence-electron chi connectivity index (χ0n) is 42.4. The molecule has 6 nitrogen and oxygen atoms in total. The Labute approximate surface area is 454 Å². The second kappa shape index (κ2) is 16.3. The highest BCUT2D eigenvalue weighted by Crippen LogP contribution is 2.67. The number of nitrogens with zero attached hydrogens (tertiary/aromatic N) is 5. The van der Waals surface area contributed by atoms with Crippen molar-refractivity contribution in [1.82, 2.24) is 24.1 Å². The van der Waals surface area contributed by atoms with Gasteiger partial charge in [-0.3, -0.25) is 0 Å². The molecule has 0 bridgehead atoms. The van der Waals surface area contributed by atoms with Crippen LogP contribution in [0.2, 0.25) is 0 Å². The summed E-state index contributed by atoms with van der Waals surface area (Å²) in [5, 5.41) is 4.52. The van der Waals surface area contributed by atoms with Crippen molar-refractivity contribution < 1.29 is 17.6 Å². The van der Waals surface area contributed by atoms with Crippen molar-refractivity contribution in [1.29, 1.82) is 0 Å². The lowest BCUT2D eigenvalue weighted by Crippen LogP contribution is -2.26. The molecule has 0 fully saturated rings. The van der Waals surface area contributed by atoms with Crippen molar-refractivity contribution in [2.24, 2.45) is 0 Å². The third kappa shape index (κ3) is 5.90. The van der Waals surface area contributed by atoms with E-state index in [0.29, 0.717) is 44.8 Å². The molecule has 17 rings (SSSR count). The Balaban J connectivity index is 1.12. The molecule has 0 radical (unpaired) electrons. The van der Waals surface area contributed by atoms with Crippen LogP contribution in [0.5, 0.6) is 0 Å². The fourth-order valence-corrected chi connectivity index (χ4v) is 13.8. The number of rotatable bonds is 5. The van der Waals surface area contributed by atoms with Crippen LogP contribution in [-0.4, -0.2) is 24.1 Å². The van der Waals surface area contributed by atoms with Crippen LogP contribution in [0.25, 0.3) is 133 Å². The van der Waals surface area contributed by atoms with E-state index >= 15 is 13.2 Å². The number of hydrogen-bond acceptors (Lipinski definition) is 4. The van der Waals surface area contributed by atoms with Crippen LogP contribution in [0.1, 0.15) is 27.8 Å². The average Bonchev–Trinajstić information content (AvgIpc) is 2.81. The normalized spacial score (nSPS) is 13.3. The SMILES string of the molecule is FC(F)(F)c1cc(-c2nc(-c3ccccc3)nc(-c3ccccc3)n2)c2oc3ccccc3c2c1-n1c2ccccc2c2c1c1c(c3c4ccccc4n(-c4ccccc4)c32)C2(c3ccccc3-c3ccccc32)c2ccccc2-1. The van der Waals surface area contributed by atoms with Gasteiger partial charge < -0.3 is 13.6 Å². The number of para-hydroxylation sites is 4. The summed E-state index contributed by atoms with van der Waals surface area (Å²) in [6.07, 6.45) is -4.93. The Bertz CT molecular complexity index is 5010. The molecule has 9 heteroatoms. The first-order chi connectivity index (χ1) is 39.4. The van der Waals surface area contributed by atoms with Gasteiger partial charge in [-0.2, -0.15) is 13.2 Å². The second-order valence-electron chi connectivity index (χ2n) is 20.8. The van der Waals surface area contributed by atoms with Gasteiger partial charge in [0.1, 0.15) is 11.2 Å². The number of aromatic nitrogens is 5. The Hall–Kier alpha value is -10.4. The molecule has 4 aromatic heterocycles. The van der Waals surface area contributed by atoms with Crippen molar-refractivity contribution in [3.63, 3.8) is 0 Å². The Morgan fingerprint density at radius 1 is 0.400 bits per heavy atom. The van der Waals surface area contributed by atoms with E-state index in [9.17, 15) is 0 Å². The Kier molecular flexibility index (Phi) is 9.13. The van der Waals surface area contributed by atoms with Crippen molar-refractivity contribution in [2.75, 3.05) is 0 Å². The molecular formula is C71H40F3N5O. The number of alkyl halides is 3. The van der Waals surface area contributed by atoms with E-state index in [1.165, 1.54) is 6.07 Å². The molecule has 2 aliphatic rings. The molecule has 376 valence electrons. The molecule has 11 aromatic carbocycles. The first kappa shape index (κ1) is 44.7. The molecule has 0 aliphatic heterocycles. The maximum atomic E-state index is 17.3. The molecule has 0 N–H and O–H groups in total. The predicted octanol–water partition coefficient (Wildman–Crippen LogP) is 18.3. The van der Waals surface area contributed by atoms with E-state index in [2.05, 4.69) is 120 Å². The molecule has 0 saturated heterocycles. The Morgan fingerprint density at radius 2 is 0.875 bits per heavy atom. The molecule has 0 atom stereocenters. The summed E-state index contributed by atoms with van der Waals surface area (Å²) in [4.78, 5) is 15.0. The lowest BCUT2D eigenvalue weighted by molar-refractivity contribution is -0.137. The first-order valence-corrected chi connectivity index (χ1v) is 26.7.